The van der Waals surface area contributed by atoms with Gasteiger partial charge < -0.3 is 24.4 Å². The molecule has 0 spiro atoms. The number of nitrogens with zero attached hydrogens (tertiary/aromatic N) is 1. The maximum absolute atomic E-state index is 12.6. The number of carboxylic acid groups (broad SMARTS) is 1. The van der Waals surface area contributed by atoms with Crippen molar-refractivity contribution >= 4 is 12.1 Å². The second-order valence-corrected chi connectivity index (χ2v) is 7.29. The molecule has 2 rings (SSSR count). The van der Waals surface area contributed by atoms with E-state index in [-0.39, 0.29) is 23.3 Å². The molecule has 2 aromatic rings. The van der Waals surface area contributed by atoms with Crippen LogP contribution in [0.1, 0.15) is 38.2 Å². The average Bonchev–Trinajstić information content (AvgIpc) is 3.01. The Morgan fingerprint density at radius 2 is 1.86 bits per heavy atom. The summed E-state index contributed by atoms with van der Waals surface area (Å²) >= 11 is 0. The molecule has 28 heavy (non-hydrogen) atoms. The molecule has 0 radical (unpaired) electrons. The average molecular weight is 391 g/mol. The molecule has 0 amide bonds. The third kappa shape index (κ3) is 5.04. The predicted octanol–water partition coefficient (Wildman–Crippen LogP) is 3.76. The molecule has 0 aliphatic rings. The lowest BCUT2D eigenvalue weighted by molar-refractivity contribution is 0.0508. The summed E-state index contributed by atoms with van der Waals surface area (Å²) in [6, 6.07) is 7.33. The number of phenols is 1. The Kier molecular flexibility index (Phi) is 6.35. The van der Waals surface area contributed by atoms with Crippen LogP contribution in [0, 0.1) is 0 Å². The Morgan fingerprint density at radius 3 is 2.43 bits per heavy atom. The van der Waals surface area contributed by atoms with Crippen LogP contribution in [0.3, 0.4) is 0 Å². The standard InChI is InChI=1S/C20H25NO7/c1-12(11-26-5)27-17-10-13(6-9-16(17)22)14-7-8-15(18(23)24)21(14)19(25)28-20(2,3)4/h6-10,12,22H,11H2,1-5H3,(H,23,24)/t12-/m0/s1. The van der Waals surface area contributed by atoms with Gasteiger partial charge in [-0.2, -0.15) is 0 Å². The minimum absolute atomic E-state index is 0.0828. The van der Waals surface area contributed by atoms with Gasteiger partial charge in [0, 0.05) is 12.7 Å². The van der Waals surface area contributed by atoms with Crippen LogP contribution in [-0.2, 0) is 9.47 Å². The first-order valence-electron chi connectivity index (χ1n) is 8.71. The molecule has 152 valence electrons. The number of aromatic carboxylic acids is 1. The maximum atomic E-state index is 12.6. The molecule has 0 fully saturated rings. The lowest BCUT2D eigenvalue weighted by atomic mass is 10.1. The predicted molar refractivity (Wildman–Crippen MR) is 102 cm³/mol. The molecular formula is C20H25NO7. The van der Waals surface area contributed by atoms with E-state index in [0.717, 1.165) is 4.57 Å². The van der Waals surface area contributed by atoms with Crippen molar-refractivity contribution in [3.8, 4) is 22.8 Å². The maximum Gasteiger partial charge on any atom is 0.419 e. The zero-order valence-electron chi connectivity index (χ0n) is 16.6. The summed E-state index contributed by atoms with van der Waals surface area (Å²) in [5, 5.41) is 19.5. The van der Waals surface area contributed by atoms with Gasteiger partial charge >= 0.3 is 12.1 Å². The van der Waals surface area contributed by atoms with Crippen molar-refractivity contribution in [1.29, 1.82) is 0 Å². The van der Waals surface area contributed by atoms with Crippen LogP contribution in [0.15, 0.2) is 30.3 Å². The monoisotopic (exact) mass is 391 g/mol. The number of carboxylic acids is 1. The van der Waals surface area contributed by atoms with Gasteiger partial charge in [-0.05, 0) is 58.0 Å². The Labute approximate surface area is 163 Å². The summed E-state index contributed by atoms with van der Waals surface area (Å²) in [7, 11) is 1.54. The highest BCUT2D eigenvalue weighted by Gasteiger charge is 2.26. The minimum Gasteiger partial charge on any atom is -0.504 e. The molecule has 8 heteroatoms. The molecule has 0 aliphatic heterocycles. The molecule has 1 atom stereocenters. The summed E-state index contributed by atoms with van der Waals surface area (Å²) in [5.41, 5.74) is -0.244. The molecule has 0 aliphatic carbocycles. The van der Waals surface area contributed by atoms with Crippen molar-refractivity contribution in [2.24, 2.45) is 0 Å². The molecule has 1 aromatic carbocycles. The molecular weight excluding hydrogens is 366 g/mol. The number of ether oxygens (including phenoxy) is 3. The SMILES string of the molecule is COC[C@H](C)Oc1cc(-c2ccc(C(=O)O)n2C(=O)OC(C)(C)C)ccc1O. The summed E-state index contributed by atoms with van der Waals surface area (Å²) in [5.74, 6) is -1.16. The van der Waals surface area contributed by atoms with E-state index in [0.29, 0.717) is 17.9 Å². The smallest absolute Gasteiger partial charge is 0.419 e. The normalized spacial score (nSPS) is 12.5. The first-order chi connectivity index (χ1) is 13.0. The van der Waals surface area contributed by atoms with E-state index in [1.807, 2.05) is 0 Å². The van der Waals surface area contributed by atoms with Crippen LogP contribution < -0.4 is 4.74 Å². The van der Waals surface area contributed by atoms with Gasteiger partial charge in [0.05, 0.1) is 12.3 Å². The highest BCUT2D eigenvalue weighted by Crippen LogP contribution is 2.33. The fraction of sp³-hybridized carbons (Fsp3) is 0.400. The van der Waals surface area contributed by atoms with Gasteiger partial charge in [-0.1, -0.05) is 0 Å². The lowest BCUT2D eigenvalue weighted by Gasteiger charge is -2.21. The van der Waals surface area contributed by atoms with E-state index < -0.39 is 17.7 Å². The molecule has 8 nitrogen and oxygen atoms in total. The summed E-state index contributed by atoms with van der Waals surface area (Å²) in [4.78, 5) is 24.2. The molecule has 0 saturated heterocycles. The zero-order valence-corrected chi connectivity index (χ0v) is 16.6. The summed E-state index contributed by atoms with van der Waals surface area (Å²) in [6.07, 6.45) is -1.13. The van der Waals surface area contributed by atoms with Gasteiger partial charge in [-0.25, -0.2) is 14.2 Å². The topological polar surface area (TPSA) is 107 Å². The van der Waals surface area contributed by atoms with Crippen molar-refractivity contribution < 1.29 is 34.0 Å². The van der Waals surface area contributed by atoms with Gasteiger partial charge in [0.2, 0.25) is 0 Å². The van der Waals surface area contributed by atoms with E-state index in [2.05, 4.69) is 0 Å². The zero-order chi connectivity index (χ0) is 21.1. The van der Waals surface area contributed by atoms with Crippen LogP contribution >= 0.6 is 0 Å². The molecule has 1 heterocycles. The van der Waals surface area contributed by atoms with Crippen molar-refractivity contribution in [1.82, 2.24) is 4.57 Å². The number of methoxy groups -OCH3 is 1. The number of carbonyl (C=O) groups is 2. The van der Waals surface area contributed by atoms with Crippen LogP contribution in [0.2, 0.25) is 0 Å². The van der Waals surface area contributed by atoms with Gasteiger partial charge in [-0.3, -0.25) is 0 Å². The first kappa shape index (κ1) is 21.3. The van der Waals surface area contributed by atoms with Crippen molar-refractivity contribution in [2.45, 2.75) is 39.4 Å². The highest BCUT2D eigenvalue weighted by atomic mass is 16.6. The molecule has 0 saturated carbocycles. The minimum atomic E-state index is -1.26. The van der Waals surface area contributed by atoms with Gasteiger partial charge in [0.25, 0.3) is 0 Å². The van der Waals surface area contributed by atoms with Crippen LogP contribution in [0.25, 0.3) is 11.3 Å². The van der Waals surface area contributed by atoms with Crippen molar-refractivity contribution in [3.05, 3.63) is 36.0 Å². The third-order valence-corrected chi connectivity index (χ3v) is 3.66. The van der Waals surface area contributed by atoms with E-state index in [9.17, 15) is 19.8 Å². The number of hydrogen-bond donors (Lipinski definition) is 2. The van der Waals surface area contributed by atoms with Gasteiger partial charge in [-0.15, -0.1) is 0 Å². The fourth-order valence-corrected chi connectivity index (χ4v) is 2.59. The van der Waals surface area contributed by atoms with Gasteiger partial charge in [0.15, 0.2) is 11.5 Å². The number of rotatable bonds is 6. The number of aromatic hydroxyl groups is 1. The van der Waals surface area contributed by atoms with E-state index in [1.54, 1.807) is 33.8 Å². The largest absolute Gasteiger partial charge is 0.504 e. The number of phenolic OH excluding ortho intramolecular Hbond substituents is 1. The van der Waals surface area contributed by atoms with Crippen molar-refractivity contribution in [2.75, 3.05) is 13.7 Å². The molecule has 1 aromatic heterocycles. The molecule has 0 bridgehead atoms. The van der Waals surface area contributed by atoms with Crippen LogP contribution in [0.4, 0.5) is 4.79 Å². The number of aromatic nitrogens is 1. The summed E-state index contributed by atoms with van der Waals surface area (Å²) in [6.45, 7) is 7.18. The Balaban J connectivity index is 2.50. The highest BCUT2D eigenvalue weighted by molar-refractivity contribution is 5.94. The second-order valence-electron chi connectivity index (χ2n) is 7.29. The van der Waals surface area contributed by atoms with Crippen molar-refractivity contribution in [3.63, 3.8) is 0 Å². The number of hydrogen-bond acceptors (Lipinski definition) is 6. The van der Waals surface area contributed by atoms with E-state index in [1.165, 1.54) is 31.4 Å². The second kappa shape index (κ2) is 8.35. The number of carbonyl (C=O) groups excluding carboxylic acids is 1. The Bertz CT molecular complexity index is 864. The van der Waals surface area contributed by atoms with E-state index in [4.69, 9.17) is 14.2 Å². The molecule has 0 unspecified atom stereocenters. The first-order valence-corrected chi connectivity index (χ1v) is 8.71. The molecule has 2 N–H and O–H groups in total. The summed E-state index contributed by atoms with van der Waals surface area (Å²) < 4.78 is 17.0. The van der Waals surface area contributed by atoms with Gasteiger partial charge in [0.1, 0.15) is 17.4 Å². The van der Waals surface area contributed by atoms with Crippen LogP contribution in [0.5, 0.6) is 11.5 Å². The Hall–Kier alpha value is -3.00. The quantitative estimate of drug-likeness (QED) is 0.772. The number of benzene rings is 1. The van der Waals surface area contributed by atoms with Crippen LogP contribution in [-0.4, -0.2) is 52.3 Å². The lowest BCUT2D eigenvalue weighted by Crippen LogP contribution is -2.29. The fourth-order valence-electron chi connectivity index (χ4n) is 2.59. The third-order valence-electron chi connectivity index (χ3n) is 3.66. The Morgan fingerprint density at radius 1 is 1.18 bits per heavy atom. The van der Waals surface area contributed by atoms with E-state index >= 15 is 0 Å².